The smallest absolute Gasteiger partial charge is 0.328 e. The molecule has 0 saturated heterocycles. The molecule has 0 radical (unpaired) electrons. The molecule has 2 N–H and O–H groups in total. The molecule has 0 unspecified atom stereocenters. The Kier molecular flexibility index (Phi) is 5.27. The highest BCUT2D eigenvalue weighted by Gasteiger charge is 2.30. The van der Waals surface area contributed by atoms with Crippen LogP contribution >= 0.6 is 0 Å². The van der Waals surface area contributed by atoms with Crippen molar-refractivity contribution in [2.45, 2.75) is 19.4 Å². The predicted molar refractivity (Wildman–Crippen MR) is 108 cm³/mol. The molecule has 0 atom stereocenters. The van der Waals surface area contributed by atoms with E-state index >= 15 is 0 Å². The summed E-state index contributed by atoms with van der Waals surface area (Å²) in [6, 6.07) is 17.1. The first-order chi connectivity index (χ1) is 13.3. The summed E-state index contributed by atoms with van der Waals surface area (Å²) < 4.78 is 13.1. The largest absolute Gasteiger partial charge is 0.480 e. The number of nitrogens with one attached hydrogen (secondary N) is 1. The van der Waals surface area contributed by atoms with Crippen molar-refractivity contribution in [2.24, 2.45) is 0 Å². The van der Waals surface area contributed by atoms with E-state index in [0.29, 0.717) is 11.1 Å². The van der Waals surface area contributed by atoms with Gasteiger partial charge in [0, 0.05) is 5.56 Å². The zero-order valence-electron chi connectivity index (χ0n) is 15.6. The van der Waals surface area contributed by atoms with Gasteiger partial charge in [0.05, 0.1) is 0 Å². The topological polar surface area (TPSA) is 66.4 Å². The molecule has 142 valence electrons. The van der Waals surface area contributed by atoms with Gasteiger partial charge in [0.25, 0.3) is 5.91 Å². The number of fused-ring (bicyclic) bond motifs is 1. The number of carboxylic acid groups (broad SMARTS) is 1. The van der Waals surface area contributed by atoms with Crippen molar-refractivity contribution >= 4 is 34.8 Å². The molecule has 5 heteroatoms. The van der Waals surface area contributed by atoms with Crippen molar-refractivity contribution in [2.75, 3.05) is 0 Å². The third-order valence-electron chi connectivity index (χ3n) is 4.49. The lowest BCUT2D eigenvalue weighted by Crippen LogP contribution is -2.49. The molecule has 0 aliphatic heterocycles. The normalized spacial score (nSPS) is 11.7. The van der Waals surface area contributed by atoms with Crippen molar-refractivity contribution in [3.8, 4) is 0 Å². The van der Waals surface area contributed by atoms with Gasteiger partial charge in [-0.3, -0.25) is 4.79 Å². The number of rotatable bonds is 5. The quantitative estimate of drug-likeness (QED) is 0.631. The van der Waals surface area contributed by atoms with Gasteiger partial charge in [-0.1, -0.05) is 54.6 Å². The first-order valence-electron chi connectivity index (χ1n) is 8.79. The number of carbonyl (C=O) groups is 2. The molecule has 0 fully saturated rings. The molecule has 0 bridgehead atoms. The first-order valence-corrected chi connectivity index (χ1v) is 8.79. The van der Waals surface area contributed by atoms with Crippen molar-refractivity contribution in [1.29, 1.82) is 0 Å². The number of hydrogen-bond acceptors (Lipinski definition) is 2. The minimum Gasteiger partial charge on any atom is -0.480 e. The molecule has 0 aliphatic carbocycles. The predicted octanol–water partition coefficient (Wildman–Crippen LogP) is 4.74. The Balaban J connectivity index is 2.07. The zero-order valence-corrected chi connectivity index (χ0v) is 15.6. The number of benzene rings is 3. The highest BCUT2D eigenvalue weighted by Crippen LogP contribution is 2.25. The summed E-state index contributed by atoms with van der Waals surface area (Å²) >= 11 is 0. The maximum atomic E-state index is 13.1. The summed E-state index contributed by atoms with van der Waals surface area (Å²) in [4.78, 5) is 24.2. The van der Waals surface area contributed by atoms with Gasteiger partial charge in [0.2, 0.25) is 0 Å². The van der Waals surface area contributed by atoms with Crippen molar-refractivity contribution < 1.29 is 19.1 Å². The van der Waals surface area contributed by atoms with Crippen LogP contribution in [-0.4, -0.2) is 22.5 Å². The first kappa shape index (κ1) is 19.3. The minimum absolute atomic E-state index is 0.321. The maximum absolute atomic E-state index is 13.1. The second kappa shape index (κ2) is 7.64. The summed E-state index contributed by atoms with van der Waals surface area (Å²) in [5.74, 6) is -1.92. The van der Waals surface area contributed by atoms with Gasteiger partial charge in [-0.25, -0.2) is 9.18 Å². The molecule has 3 aromatic carbocycles. The van der Waals surface area contributed by atoms with E-state index in [9.17, 15) is 19.1 Å². The van der Waals surface area contributed by atoms with Crippen LogP contribution in [0.1, 0.15) is 35.3 Å². The molecule has 28 heavy (non-hydrogen) atoms. The molecule has 0 aliphatic rings. The Bertz CT molecular complexity index is 1070. The van der Waals surface area contributed by atoms with Crippen LogP contribution in [0.4, 0.5) is 4.39 Å². The number of carbonyl (C=O) groups excluding carboxylic acids is 1. The number of halogens is 1. The van der Waals surface area contributed by atoms with Crippen LogP contribution in [0, 0.1) is 5.82 Å². The SMILES string of the molecule is CC(C)(NC(=O)c1ccc2ccccc2c1/C=C/c1ccc(F)cc1)C(=O)O. The number of aliphatic carboxylic acids is 1. The lowest BCUT2D eigenvalue weighted by molar-refractivity contribution is -0.143. The maximum Gasteiger partial charge on any atom is 0.328 e. The lowest BCUT2D eigenvalue weighted by Gasteiger charge is -2.22. The summed E-state index contributed by atoms with van der Waals surface area (Å²) in [5.41, 5.74) is 0.416. The van der Waals surface area contributed by atoms with Crippen LogP contribution < -0.4 is 5.32 Å². The van der Waals surface area contributed by atoms with Gasteiger partial charge >= 0.3 is 5.97 Å². The average Bonchev–Trinajstić information content (AvgIpc) is 2.66. The number of amides is 1. The van der Waals surface area contributed by atoms with Crippen molar-refractivity contribution in [3.63, 3.8) is 0 Å². The standard InChI is InChI=1S/C23H20FNO3/c1-23(2,22(27)28)25-21(26)20-14-10-16-5-3-4-6-18(16)19(20)13-9-15-7-11-17(24)12-8-15/h3-14H,1-2H3,(H,25,26)(H,27,28)/b13-9+. The second-order valence-electron chi connectivity index (χ2n) is 7.02. The van der Waals surface area contributed by atoms with E-state index in [-0.39, 0.29) is 5.82 Å². The van der Waals surface area contributed by atoms with Crippen molar-refractivity contribution in [1.82, 2.24) is 5.32 Å². The van der Waals surface area contributed by atoms with Crippen LogP contribution in [0.15, 0.2) is 60.7 Å². The Labute approximate surface area is 162 Å². The van der Waals surface area contributed by atoms with E-state index in [1.54, 1.807) is 30.4 Å². The molecule has 0 aromatic heterocycles. The van der Waals surface area contributed by atoms with E-state index in [4.69, 9.17) is 0 Å². The van der Waals surface area contributed by atoms with E-state index in [0.717, 1.165) is 16.3 Å². The fourth-order valence-electron chi connectivity index (χ4n) is 2.83. The summed E-state index contributed by atoms with van der Waals surface area (Å²) in [6.07, 6.45) is 3.58. The van der Waals surface area contributed by atoms with Gasteiger partial charge in [-0.05, 0) is 53.9 Å². The Morgan fingerprint density at radius 2 is 1.64 bits per heavy atom. The molecule has 0 spiro atoms. The molecular weight excluding hydrogens is 357 g/mol. The minimum atomic E-state index is -1.40. The third kappa shape index (κ3) is 4.09. The van der Waals surface area contributed by atoms with E-state index < -0.39 is 17.4 Å². The molecule has 3 rings (SSSR count). The van der Waals surface area contributed by atoms with Crippen LogP contribution in [0.25, 0.3) is 22.9 Å². The Morgan fingerprint density at radius 1 is 0.964 bits per heavy atom. The fraction of sp³-hybridized carbons (Fsp3) is 0.130. The van der Waals surface area contributed by atoms with Crippen LogP contribution in [0.3, 0.4) is 0 Å². The van der Waals surface area contributed by atoms with Gasteiger partial charge < -0.3 is 10.4 Å². The van der Waals surface area contributed by atoms with Gasteiger partial charge in [0.1, 0.15) is 11.4 Å². The number of hydrogen-bond donors (Lipinski definition) is 2. The molecule has 0 heterocycles. The third-order valence-corrected chi connectivity index (χ3v) is 4.49. The van der Waals surface area contributed by atoms with Crippen LogP contribution in [-0.2, 0) is 4.79 Å². The van der Waals surface area contributed by atoms with Gasteiger partial charge in [0.15, 0.2) is 0 Å². The summed E-state index contributed by atoms with van der Waals surface area (Å²) in [5, 5.41) is 13.7. The number of carboxylic acids is 1. The fourth-order valence-corrected chi connectivity index (χ4v) is 2.83. The van der Waals surface area contributed by atoms with Crippen LogP contribution in [0.5, 0.6) is 0 Å². The van der Waals surface area contributed by atoms with Gasteiger partial charge in [-0.15, -0.1) is 0 Å². The van der Waals surface area contributed by atoms with Crippen molar-refractivity contribution in [3.05, 3.63) is 83.2 Å². The highest BCUT2D eigenvalue weighted by molar-refractivity contribution is 6.07. The lowest BCUT2D eigenvalue weighted by atomic mass is 9.96. The van der Waals surface area contributed by atoms with E-state index in [1.165, 1.54) is 26.0 Å². The highest BCUT2D eigenvalue weighted by atomic mass is 19.1. The van der Waals surface area contributed by atoms with E-state index in [1.807, 2.05) is 30.3 Å². The second-order valence-corrected chi connectivity index (χ2v) is 7.02. The van der Waals surface area contributed by atoms with Crippen LogP contribution in [0.2, 0.25) is 0 Å². The Morgan fingerprint density at radius 3 is 2.32 bits per heavy atom. The zero-order chi connectivity index (χ0) is 20.3. The molecule has 4 nitrogen and oxygen atoms in total. The van der Waals surface area contributed by atoms with E-state index in [2.05, 4.69) is 5.32 Å². The van der Waals surface area contributed by atoms with Gasteiger partial charge in [-0.2, -0.15) is 0 Å². The Hall–Kier alpha value is -3.47. The monoisotopic (exact) mass is 377 g/mol. The molecule has 0 saturated carbocycles. The average molecular weight is 377 g/mol. The molecular formula is C23H20FNO3. The summed E-state index contributed by atoms with van der Waals surface area (Å²) in [7, 11) is 0. The molecule has 3 aromatic rings. The summed E-state index contributed by atoms with van der Waals surface area (Å²) in [6.45, 7) is 2.87. The molecule has 1 amide bonds.